The highest BCUT2D eigenvalue weighted by Crippen LogP contribution is 2.43. The van der Waals surface area contributed by atoms with Crippen LogP contribution in [0.25, 0.3) is 0 Å². The van der Waals surface area contributed by atoms with Crippen LogP contribution in [0.4, 0.5) is 0 Å². The summed E-state index contributed by atoms with van der Waals surface area (Å²) in [5.74, 6) is 1.04. The molecule has 1 aromatic carbocycles. The average molecular weight is 283 g/mol. The van der Waals surface area contributed by atoms with Gasteiger partial charge < -0.3 is 0 Å². The van der Waals surface area contributed by atoms with E-state index >= 15 is 0 Å². The molecule has 0 N–H and O–H groups in total. The van der Waals surface area contributed by atoms with Crippen molar-refractivity contribution in [2.75, 3.05) is 13.1 Å². The molecule has 1 unspecified atom stereocenters. The first kappa shape index (κ1) is 13.5. The molecule has 1 aromatic rings. The number of hydrogen-bond acceptors (Lipinski definition) is 2. The van der Waals surface area contributed by atoms with Crippen molar-refractivity contribution < 1.29 is 4.79 Å². The monoisotopic (exact) mass is 283 g/mol. The van der Waals surface area contributed by atoms with Crippen LogP contribution in [0.5, 0.6) is 0 Å². The van der Waals surface area contributed by atoms with Gasteiger partial charge in [-0.05, 0) is 62.2 Å². The molecule has 1 saturated carbocycles. The van der Waals surface area contributed by atoms with E-state index in [9.17, 15) is 4.79 Å². The van der Waals surface area contributed by atoms with E-state index in [4.69, 9.17) is 0 Å². The van der Waals surface area contributed by atoms with Gasteiger partial charge in [0.1, 0.15) is 0 Å². The normalized spacial score (nSPS) is 27.3. The Morgan fingerprint density at radius 2 is 1.81 bits per heavy atom. The molecule has 2 fully saturated rings. The Bertz CT molecular complexity index is 538. The minimum absolute atomic E-state index is 0.0823. The van der Waals surface area contributed by atoms with E-state index in [1.165, 1.54) is 36.8 Å². The number of likely N-dealkylation sites (tertiary alicyclic amines) is 1. The lowest BCUT2D eigenvalue weighted by atomic mass is 9.72. The topological polar surface area (TPSA) is 20.3 Å². The molecule has 21 heavy (non-hydrogen) atoms. The largest absolute Gasteiger partial charge is 0.298 e. The van der Waals surface area contributed by atoms with Gasteiger partial charge in [0.15, 0.2) is 5.78 Å². The highest BCUT2D eigenvalue weighted by atomic mass is 16.1. The van der Waals surface area contributed by atoms with Crippen LogP contribution in [0.1, 0.15) is 62.0 Å². The zero-order valence-electron chi connectivity index (χ0n) is 12.8. The Hall–Kier alpha value is -1.15. The maximum absolute atomic E-state index is 13.1. The fourth-order valence-corrected chi connectivity index (χ4v) is 4.84. The van der Waals surface area contributed by atoms with Crippen molar-refractivity contribution in [3.63, 3.8) is 0 Å². The van der Waals surface area contributed by atoms with E-state index in [-0.39, 0.29) is 5.54 Å². The average Bonchev–Trinajstić information content (AvgIpc) is 3.15. The van der Waals surface area contributed by atoms with E-state index in [0.717, 1.165) is 38.8 Å². The molecular weight excluding hydrogens is 258 g/mol. The predicted molar refractivity (Wildman–Crippen MR) is 84.5 cm³/mol. The first-order valence-corrected chi connectivity index (χ1v) is 8.66. The third-order valence-corrected chi connectivity index (χ3v) is 6.05. The van der Waals surface area contributed by atoms with Crippen molar-refractivity contribution in [3.05, 3.63) is 35.4 Å². The summed E-state index contributed by atoms with van der Waals surface area (Å²) < 4.78 is 0. The van der Waals surface area contributed by atoms with Crippen LogP contribution in [0.3, 0.4) is 0 Å². The SMILES string of the molecule is O=C(CC1Cc2ccccc21)C1(N2CCCC2)CCCC1. The minimum Gasteiger partial charge on any atom is -0.298 e. The number of carbonyl (C=O) groups is 1. The van der Waals surface area contributed by atoms with Crippen LogP contribution < -0.4 is 0 Å². The molecule has 0 aromatic heterocycles. The number of nitrogens with zero attached hydrogens (tertiary/aromatic N) is 1. The number of rotatable bonds is 4. The van der Waals surface area contributed by atoms with Gasteiger partial charge in [0.25, 0.3) is 0 Å². The minimum atomic E-state index is -0.0823. The quantitative estimate of drug-likeness (QED) is 0.840. The zero-order valence-corrected chi connectivity index (χ0v) is 12.8. The molecule has 1 saturated heterocycles. The van der Waals surface area contributed by atoms with Gasteiger partial charge in [0.2, 0.25) is 0 Å². The van der Waals surface area contributed by atoms with Crippen molar-refractivity contribution in [2.24, 2.45) is 0 Å². The number of carbonyl (C=O) groups excluding carboxylic acids is 1. The fraction of sp³-hybridized carbons (Fsp3) is 0.632. The molecule has 0 amide bonds. The maximum atomic E-state index is 13.1. The summed E-state index contributed by atoms with van der Waals surface area (Å²) in [4.78, 5) is 15.7. The molecule has 1 atom stereocenters. The Labute approximate surface area is 127 Å². The number of hydrogen-bond donors (Lipinski definition) is 0. The van der Waals surface area contributed by atoms with Crippen molar-refractivity contribution >= 4 is 5.78 Å². The molecule has 1 aliphatic heterocycles. The first-order chi connectivity index (χ1) is 10.3. The smallest absolute Gasteiger partial charge is 0.153 e. The summed E-state index contributed by atoms with van der Waals surface area (Å²) in [7, 11) is 0. The lowest BCUT2D eigenvalue weighted by Gasteiger charge is -2.39. The lowest BCUT2D eigenvalue weighted by Crippen LogP contribution is -2.52. The summed E-state index contributed by atoms with van der Waals surface area (Å²) in [6.45, 7) is 2.29. The molecule has 0 spiro atoms. The van der Waals surface area contributed by atoms with Gasteiger partial charge in [0.05, 0.1) is 5.54 Å². The highest BCUT2D eigenvalue weighted by Gasteiger charge is 2.47. The van der Waals surface area contributed by atoms with E-state index in [1.54, 1.807) is 0 Å². The van der Waals surface area contributed by atoms with E-state index in [2.05, 4.69) is 29.2 Å². The van der Waals surface area contributed by atoms with Crippen LogP contribution in [-0.4, -0.2) is 29.3 Å². The Morgan fingerprint density at radius 1 is 1.10 bits per heavy atom. The van der Waals surface area contributed by atoms with Crippen LogP contribution >= 0.6 is 0 Å². The zero-order chi connectivity index (χ0) is 14.3. The summed E-state index contributed by atoms with van der Waals surface area (Å²) in [6, 6.07) is 8.65. The third kappa shape index (κ3) is 2.15. The summed E-state index contributed by atoms with van der Waals surface area (Å²) >= 11 is 0. The van der Waals surface area contributed by atoms with Crippen LogP contribution in [-0.2, 0) is 11.2 Å². The number of ketones is 1. The summed E-state index contributed by atoms with van der Waals surface area (Å²) in [6.07, 6.45) is 9.14. The number of fused-ring (bicyclic) bond motifs is 1. The molecule has 2 nitrogen and oxygen atoms in total. The van der Waals surface area contributed by atoms with Crippen molar-refractivity contribution in [1.82, 2.24) is 4.90 Å². The second-order valence-corrected chi connectivity index (χ2v) is 7.16. The van der Waals surface area contributed by atoms with Gasteiger partial charge >= 0.3 is 0 Å². The second kappa shape index (κ2) is 5.24. The van der Waals surface area contributed by atoms with Gasteiger partial charge in [-0.25, -0.2) is 0 Å². The molecule has 4 rings (SSSR count). The Balaban J connectivity index is 1.51. The van der Waals surface area contributed by atoms with Gasteiger partial charge in [-0.1, -0.05) is 37.1 Å². The van der Waals surface area contributed by atoms with Gasteiger partial charge in [-0.3, -0.25) is 9.69 Å². The standard InChI is InChI=1S/C19H25NO/c21-18(14-16-13-15-7-1-2-8-17(15)16)19(9-3-4-10-19)20-11-5-6-12-20/h1-2,7-8,16H,3-6,9-14H2. The Morgan fingerprint density at radius 3 is 2.52 bits per heavy atom. The van der Waals surface area contributed by atoms with Crippen molar-refractivity contribution in [2.45, 2.75) is 62.8 Å². The maximum Gasteiger partial charge on any atom is 0.153 e. The molecule has 3 aliphatic rings. The Kier molecular flexibility index (Phi) is 3.37. The number of benzene rings is 1. The predicted octanol–water partition coefficient (Wildman–Crippen LogP) is 3.69. The van der Waals surface area contributed by atoms with E-state index in [1.807, 2.05) is 0 Å². The van der Waals surface area contributed by atoms with Crippen LogP contribution in [0.15, 0.2) is 24.3 Å². The molecular formula is C19H25NO. The lowest BCUT2D eigenvalue weighted by molar-refractivity contribution is -0.131. The molecule has 2 aliphatic carbocycles. The van der Waals surface area contributed by atoms with Gasteiger partial charge in [-0.15, -0.1) is 0 Å². The van der Waals surface area contributed by atoms with Crippen LogP contribution in [0.2, 0.25) is 0 Å². The second-order valence-electron chi connectivity index (χ2n) is 7.16. The summed E-state index contributed by atoms with van der Waals surface area (Å²) in [5.41, 5.74) is 2.80. The molecule has 2 heteroatoms. The third-order valence-electron chi connectivity index (χ3n) is 6.05. The molecule has 112 valence electrons. The van der Waals surface area contributed by atoms with Gasteiger partial charge in [0, 0.05) is 6.42 Å². The van der Waals surface area contributed by atoms with Crippen LogP contribution in [0, 0.1) is 0 Å². The molecule has 0 radical (unpaired) electrons. The fourth-order valence-electron chi connectivity index (χ4n) is 4.84. The first-order valence-electron chi connectivity index (χ1n) is 8.66. The van der Waals surface area contributed by atoms with Gasteiger partial charge in [-0.2, -0.15) is 0 Å². The highest BCUT2D eigenvalue weighted by molar-refractivity contribution is 5.89. The van der Waals surface area contributed by atoms with Crippen molar-refractivity contribution in [1.29, 1.82) is 0 Å². The summed E-state index contributed by atoms with van der Waals surface area (Å²) in [5, 5.41) is 0. The van der Waals surface area contributed by atoms with E-state index < -0.39 is 0 Å². The molecule has 0 bridgehead atoms. The van der Waals surface area contributed by atoms with Crippen molar-refractivity contribution in [3.8, 4) is 0 Å². The molecule has 1 heterocycles. The van der Waals surface area contributed by atoms with E-state index in [0.29, 0.717) is 11.7 Å². The number of Topliss-reactive ketones (excluding diaryl/α,β-unsaturated/α-hetero) is 1.